The van der Waals surface area contributed by atoms with Crippen LogP contribution in [0.3, 0.4) is 0 Å². The van der Waals surface area contributed by atoms with Crippen molar-refractivity contribution >= 4 is 15.9 Å². The number of ether oxygens (including phenoxy) is 1. The average molecular weight is 302 g/mol. The summed E-state index contributed by atoms with van der Waals surface area (Å²) in [5.41, 5.74) is 8.38. The highest BCUT2D eigenvalue weighted by Crippen LogP contribution is 2.23. The van der Waals surface area contributed by atoms with Gasteiger partial charge in [0, 0.05) is 26.1 Å². The zero-order valence-corrected chi connectivity index (χ0v) is 12.0. The summed E-state index contributed by atoms with van der Waals surface area (Å²) in [6, 6.07) is 0.143. The first-order valence-corrected chi connectivity index (χ1v) is 6.92. The third-order valence-corrected chi connectivity index (χ3v) is 4.34. The molecule has 4 nitrogen and oxygen atoms in total. The van der Waals surface area contributed by atoms with E-state index in [-0.39, 0.29) is 6.04 Å². The van der Waals surface area contributed by atoms with Gasteiger partial charge in [-0.2, -0.15) is 5.10 Å². The Bertz CT molecular complexity index is 385. The molecule has 2 atom stereocenters. The van der Waals surface area contributed by atoms with Gasteiger partial charge >= 0.3 is 0 Å². The van der Waals surface area contributed by atoms with Crippen LogP contribution in [0.15, 0.2) is 4.47 Å². The molecule has 0 amide bonds. The van der Waals surface area contributed by atoms with Gasteiger partial charge in [-0.15, -0.1) is 0 Å². The molecule has 2 N–H and O–H groups in total. The third kappa shape index (κ3) is 3.09. The first-order valence-electron chi connectivity index (χ1n) is 6.13. The maximum absolute atomic E-state index is 6.19. The quantitative estimate of drug-likeness (QED) is 0.924. The Kier molecular flexibility index (Phi) is 4.22. The van der Waals surface area contributed by atoms with E-state index in [2.05, 4.69) is 21.0 Å². The second-order valence-electron chi connectivity index (χ2n) is 4.80. The van der Waals surface area contributed by atoms with E-state index in [9.17, 15) is 0 Å². The van der Waals surface area contributed by atoms with Gasteiger partial charge in [0.2, 0.25) is 0 Å². The van der Waals surface area contributed by atoms with Crippen LogP contribution in [0.2, 0.25) is 0 Å². The molecule has 1 aromatic heterocycles. The van der Waals surface area contributed by atoms with E-state index in [0.717, 1.165) is 36.0 Å². The summed E-state index contributed by atoms with van der Waals surface area (Å²) in [5, 5.41) is 4.38. The number of rotatable bonds is 4. The number of halogens is 1. The Morgan fingerprint density at radius 3 is 2.94 bits per heavy atom. The molecule has 0 aromatic carbocycles. The van der Waals surface area contributed by atoms with Gasteiger partial charge in [-0.3, -0.25) is 4.68 Å². The maximum atomic E-state index is 6.19. The fourth-order valence-corrected chi connectivity index (χ4v) is 2.90. The highest BCUT2D eigenvalue weighted by atomic mass is 79.9. The largest absolute Gasteiger partial charge is 0.378 e. The molecular weight excluding hydrogens is 282 g/mol. The van der Waals surface area contributed by atoms with Gasteiger partial charge in [-0.1, -0.05) is 0 Å². The molecule has 5 heteroatoms. The van der Waals surface area contributed by atoms with Gasteiger partial charge in [0.05, 0.1) is 22.0 Å². The summed E-state index contributed by atoms with van der Waals surface area (Å²) < 4.78 is 8.61. The van der Waals surface area contributed by atoms with Crippen molar-refractivity contribution in [3.05, 3.63) is 15.9 Å². The average Bonchev–Trinajstić information content (AvgIpc) is 2.83. The van der Waals surface area contributed by atoms with Gasteiger partial charge < -0.3 is 10.5 Å². The fourth-order valence-electron chi connectivity index (χ4n) is 2.40. The van der Waals surface area contributed by atoms with Crippen LogP contribution >= 0.6 is 15.9 Å². The summed E-state index contributed by atoms with van der Waals surface area (Å²) in [7, 11) is 1.96. The fraction of sp³-hybridized carbons (Fsp3) is 0.750. The summed E-state index contributed by atoms with van der Waals surface area (Å²) in [6.07, 6.45) is 4.47. The first-order chi connectivity index (χ1) is 8.08. The van der Waals surface area contributed by atoms with E-state index in [4.69, 9.17) is 10.5 Å². The molecule has 0 bridgehead atoms. The Balaban J connectivity index is 1.95. The Morgan fingerprint density at radius 1 is 1.65 bits per heavy atom. The lowest BCUT2D eigenvalue weighted by molar-refractivity contribution is 0.0981. The van der Waals surface area contributed by atoms with Crippen LogP contribution in [-0.4, -0.2) is 28.5 Å². The van der Waals surface area contributed by atoms with E-state index >= 15 is 0 Å². The summed E-state index contributed by atoms with van der Waals surface area (Å²) >= 11 is 3.57. The molecule has 1 aliphatic rings. The number of hydrogen-bond donors (Lipinski definition) is 1. The molecule has 1 saturated heterocycles. The minimum absolute atomic E-state index is 0.143. The lowest BCUT2D eigenvalue weighted by Crippen LogP contribution is -2.29. The van der Waals surface area contributed by atoms with E-state index in [1.54, 1.807) is 0 Å². The lowest BCUT2D eigenvalue weighted by atomic mass is 10.0. The van der Waals surface area contributed by atoms with Crippen LogP contribution in [0.1, 0.15) is 30.7 Å². The van der Waals surface area contributed by atoms with E-state index in [1.807, 2.05) is 18.7 Å². The predicted octanol–water partition coefficient (Wildman–Crippen LogP) is 1.93. The van der Waals surface area contributed by atoms with E-state index in [0.29, 0.717) is 6.10 Å². The molecule has 17 heavy (non-hydrogen) atoms. The Hall–Kier alpha value is -0.390. The Morgan fingerprint density at radius 2 is 2.41 bits per heavy atom. The van der Waals surface area contributed by atoms with Crippen LogP contribution in [-0.2, 0) is 18.2 Å². The number of aromatic nitrogens is 2. The summed E-state index contributed by atoms with van der Waals surface area (Å²) in [6.45, 7) is 2.89. The smallest absolute Gasteiger partial charge is 0.0738 e. The topological polar surface area (TPSA) is 53.1 Å². The molecule has 2 rings (SSSR count). The monoisotopic (exact) mass is 301 g/mol. The van der Waals surface area contributed by atoms with Crippen molar-refractivity contribution in [2.75, 3.05) is 6.61 Å². The summed E-state index contributed by atoms with van der Waals surface area (Å²) in [5.74, 6) is 0. The van der Waals surface area contributed by atoms with Gasteiger partial charge in [0.1, 0.15) is 0 Å². The molecule has 2 unspecified atom stereocenters. The highest BCUT2D eigenvalue weighted by Gasteiger charge is 2.21. The van der Waals surface area contributed by atoms with Crippen molar-refractivity contribution < 1.29 is 4.74 Å². The molecule has 0 spiro atoms. The van der Waals surface area contributed by atoms with Crippen molar-refractivity contribution in [3.8, 4) is 0 Å². The standard InChI is InChI=1S/C12H20BrN3O/c1-8-12(13)11(16(2)15-8)7-9(14)6-10-4-3-5-17-10/h9-10H,3-7,14H2,1-2H3. The maximum Gasteiger partial charge on any atom is 0.0738 e. The van der Waals surface area contributed by atoms with E-state index in [1.165, 1.54) is 12.1 Å². The lowest BCUT2D eigenvalue weighted by Gasteiger charge is -2.16. The van der Waals surface area contributed by atoms with Gasteiger partial charge in [-0.05, 0) is 42.1 Å². The number of nitrogens with zero attached hydrogens (tertiary/aromatic N) is 2. The third-order valence-electron chi connectivity index (χ3n) is 3.31. The molecule has 0 radical (unpaired) electrons. The molecule has 96 valence electrons. The number of hydrogen-bond acceptors (Lipinski definition) is 3. The van der Waals surface area contributed by atoms with Crippen molar-refractivity contribution in [2.24, 2.45) is 12.8 Å². The zero-order chi connectivity index (χ0) is 12.4. The minimum atomic E-state index is 0.143. The van der Waals surface area contributed by atoms with Crippen molar-refractivity contribution in [3.63, 3.8) is 0 Å². The molecule has 0 aliphatic carbocycles. The minimum Gasteiger partial charge on any atom is -0.378 e. The van der Waals surface area contributed by atoms with Gasteiger partial charge in [-0.25, -0.2) is 0 Å². The van der Waals surface area contributed by atoms with Crippen LogP contribution in [0.4, 0.5) is 0 Å². The van der Waals surface area contributed by atoms with Crippen LogP contribution < -0.4 is 5.73 Å². The van der Waals surface area contributed by atoms with Crippen LogP contribution in [0.25, 0.3) is 0 Å². The SMILES string of the molecule is Cc1nn(C)c(CC(N)CC2CCCO2)c1Br. The van der Waals surface area contributed by atoms with Crippen LogP contribution in [0, 0.1) is 6.92 Å². The Labute approximate surface area is 111 Å². The van der Waals surface area contributed by atoms with Crippen molar-refractivity contribution in [1.29, 1.82) is 0 Å². The molecule has 1 aromatic rings. The number of aryl methyl sites for hydroxylation is 2. The van der Waals surface area contributed by atoms with E-state index < -0.39 is 0 Å². The predicted molar refractivity (Wildman–Crippen MR) is 70.9 cm³/mol. The van der Waals surface area contributed by atoms with Crippen molar-refractivity contribution in [1.82, 2.24) is 9.78 Å². The molecule has 1 fully saturated rings. The normalized spacial score (nSPS) is 22.0. The molecule has 0 saturated carbocycles. The molecule has 1 aliphatic heterocycles. The summed E-state index contributed by atoms with van der Waals surface area (Å²) in [4.78, 5) is 0. The van der Waals surface area contributed by atoms with Gasteiger partial charge in [0.15, 0.2) is 0 Å². The number of nitrogens with two attached hydrogens (primary N) is 1. The molecular formula is C12H20BrN3O. The second kappa shape index (κ2) is 5.50. The van der Waals surface area contributed by atoms with Gasteiger partial charge in [0.25, 0.3) is 0 Å². The highest BCUT2D eigenvalue weighted by molar-refractivity contribution is 9.10. The molecule has 2 heterocycles. The second-order valence-corrected chi connectivity index (χ2v) is 5.60. The first kappa shape index (κ1) is 13.1. The van der Waals surface area contributed by atoms with Crippen LogP contribution in [0.5, 0.6) is 0 Å². The zero-order valence-electron chi connectivity index (χ0n) is 10.4. The van der Waals surface area contributed by atoms with Crippen molar-refractivity contribution in [2.45, 2.75) is 44.8 Å².